The van der Waals surface area contributed by atoms with Crippen LogP contribution in [0.2, 0.25) is 0 Å². The van der Waals surface area contributed by atoms with Gasteiger partial charge in [-0.3, -0.25) is 9.69 Å². The van der Waals surface area contributed by atoms with Gasteiger partial charge in [-0.1, -0.05) is 33.3 Å². The number of thiazole rings is 1. The average molecular weight is 487 g/mol. The largest absolute Gasteiger partial charge is 0.337 e. The van der Waals surface area contributed by atoms with E-state index in [1.54, 1.807) is 40.5 Å². The fourth-order valence-electron chi connectivity index (χ4n) is 3.03. The van der Waals surface area contributed by atoms with Crippen molar-refractivity contribution >= 4 is 60.3 Å². The lowest BCUT2D eigenvalue weighted by molar-refractivity contribution is 0.0986. The van der Waals surface area contributed by atoms with Crippen LogP contribution in [-0.2, 0) is 6.54 Å². The van der Waals surface area contributed by atoms with Crippen molar-refractivity contribution in [1.82, 2.24) is 14.5 Å². The summed E-state index contributed by atoms with van der Waals surface area (Å²) in [7, 11) is 0. The lowest BCUT2D eigenvalue weighted by atomic mass is 10.2. The lowest BCUT2D eigenvalue weighted by Crippen LogP contribution is -2.32. The van der Waals surface area contributed by atoms with Gasteiger partial charge in [0.1, 0.15) is 0 Å². The summed E-state index contributed by atoms with van der Waals surface area (Å²) in [5.74, 6) is -0.0235. The first-order valence-electron chi connectivity index (χ1n) is 9.12. The fourth-order valence-corrected chi connectivity index (χ4v) is 5.03. The van der Waals surface area contributed by atoms with E-state index in [-0.39, 0.29) is 5.91 Å². The molecule has 148 valence electrons. The first-order chi connectivity index (χ1) is 14.1. The van der Waals surface area contributed by atoms with Gasteiger partial charge in [0.05, 0.1) is 16.5 Å². The second-order valence-electron chi connectivity index (χ2n) is 6.45. The number of hydrogen-bond acceptors (Lipinski definition) is 5. The van der Waals surface area contributed by atoms with Crippen LogP contribution < -0.4 is 4.90 Å². The molecule has 0 atom stereocenters. The highest BCUT2D eigenvalue weighted by molar-refractivity contribution is 9.10. The summed E-state index contributed by atoms with van der Waals surface area (Å²) in [4.78, 5) is 25.1. The van der Waals surface area contributed by atoms with E-state index in [2.05, 4.69) is 20.9 Å². The first-order valence-corrected chi connectivity index (χ1v) is 12.0. The van der Waals surface area contributed by atoms with E-state index in [4.69, 9.17) is 4.98 Å². The number of carbonyl (C=O) groups is 1. The Morgan fingerprint density at radius 3 is 2.97 bits per heavy atom. The zero-order chi connectivity index (χ0) is 20.2. The molecule has 4 rings (SSSR count). The molecule has 5 nitrogen and oxygen atoms in total. The Labute approximate surface area is 185 Å². The molecule has 0 aliphatic heterocycles. The van der Waals surface area contributed by atoms with Crippen LogP contribution in [0.25, 0.3) is 10.2 Å². The number of halogens is 1. The van der Waals surface area contributed by atoms with Gasteiger partial charge in [-0.05, 0) is 49.1 Å². The minimum atomic E-state index is -0.0235. The molecule has 29 heavy (non-hydrogen) atoms. The first kappa shape index (κ1) is 20.1. The van der Waals surface area contributed by atoms with Crippen molar-refractivity contribution in [3.8, 4) is 0 Å². The summed E-state index contributed by atoms with van der Waals surface area (Å²) in [6.45, 7) is 1.38. The monoisotopic (exact) mass is 486 g/mol. The van der Waals surface area contributed by atoms with Crippen molar-refractivity contribution in [3.05, 3.63) is 71.2 Å². The standard InChI is InChI=1S/C21H19BrN4OS2/c1-28-17-5-2-4-15(12-17)20(27)26(10-3-9-25-11-8-23-14-25)21-24-18-7-6-16(22)13-19(18)29-21/h2,4-8,11-14H,3,9-10H2,1H3. The molecule has 0 radical (unpaired) electrons. The number of carbonyl (C=O) groups excluding carboxylic acids is 1. The van der Waals surface area contributed by atoms with Gasteiger partial charge in [0, 0.05) is 40.4 Å². The Balaban J connectivity index is 1.64. The maximum Gasteiger partial charge on any atom is 0.260 e. The summed E-state index contributed by atoms with van der Waals surface area (Å²) in [6.07, 6.45) is 8.32. The van der Waals surface area contributed by atoms with E-state index in [1.807, 2.05) is 59.5 Å². The van der Waals surface area contributed by atoms with Crippen LogP contribution in [0.5, 0.6) is 0 Å². The third-order valence-electron chi connectivity index (χ3n) is 4.49. The molecule has 0 aliphatic rings. The quantitative estimate of drug-likeness (QED) is 0.313. The van der Waals surface area contributed by atoms with Crippen LogP contribution in [-0.4, -0.2) is 33.2 Å². The van der Waals surface area contributed by atoms with Gasteiger partial charge < -0.3 is 4.57 Å². The van der Waals surface area contributed by atoms with E-state index < -0.39 is 0 Å². The van der Waals surface area contributed by atoms with Crippen LogP contribution >= 0.6 is 39.0 Å². The molecule has 1 amide bonds. The number of aromatic nitrogens is 3. The number of amides is 1. The van der Waals surface area contributed by atoms with Crippen molar-refractivity contribution in [2.75, 3.05) is 17.7 Å². The minimum Gasteiger partial charge on any atom is -0.337 e. The highest BCUT2D eigenvalue weighted by atomic mass is 79.9. The van der Waals surface area contributed by atoms with Crippen LogP contribution in [0.4, 0.5) is 5.13 Å². The topological polar surface area (TPSA) is 51.0 Å². The van der Waals surface area contributed by atoms with E-state index in [1.165, 1.54) is 0 Å². The Bertz CT molecular complexity index is 1130. The number of nitrogens with zero attached hydrogens (tertiary/aromatic N) is 4. The lowest BCUT2D eigenvalue weighted by Gasteiger charge is -2.20. The molecule has 0 bridgehead atoms. The number of thioether (sulfide) groups is 1. The maximum absolute atomic E-state index is 13.4. The third-order valence-corrected chi connectivity index (χ3v) is 6.75. The van der Waals surface area contributed by atoms with E-state index >= 15 is 0 Å². The molecule has 2 aromatic heterocycles. The van der Waals surface area contributed by atoms with E-state index in [0.29, 0.717) is 12.1 Å². The van der Waals surface area contributed by atoms with Gasteiger partial charge in [0.2, 0.25) is 0 Å². The zero-order valence-electron chi connectivity index (χ0n) is 15.8. The Morgan fingerprint density at radius 1 is 1.28 bits per heavy atom. The average Bonchev–Trinajstić information content (AvgIpc) is 3.40. The molecular formula is C21H19BrN4OS2. The number of anilines is 1. The Kier molecular flexibility index (Phi) is 6.32. The minimum absolute atomic E-state index is 0.0235. The van der Waals surface area contributed by atoms with Crippen molar-refractivity contribution in [3.63, 3.8) is 0 Å². The summed E-state index contributed by atoms with van der Waals surface area (Å²) in [5, 5.41) is 0.725. The van der Waals surface area contributed by atoms with E-state index in [9.17, 15) is 4.79 Å². The zero-order valence-corrected chi connectivity index (χ0v) is 19.0. The normalized spacial score (nSPS) is 11.1. The van der Waals surface area contributed by atoms with E-state index in [0.717, 1.165) is 37.7 Å². The van der Waals surface area contributed by atoms with Gasteiger partial charge >= 0.3 is 0 Å². The molecule has 2 aromatic carbocycles. The number of benzene rings is 2. The van der Waals surface area contributed by atoms with Gasteiger partial charge in [-0.25, -0.2) is 9.97 Å². The second kappa shape index (κ2) is 9.11. The number of aryl methyl sites for hydroxylation is 1. The van der Waals surface area contributed by atoms with Crippen LogP contribution in [0.1, 0.15) is 16.8 Å². The van der Waals surface area contributed by atoms with Crippen molar-refractivity contribution in [1.29, 1.82) is 0 Å². The number of hydrogen-bond donors (Lipinski definition) is 0. The predicted octanol–water partition coefficient (Wildman–Crippen LogP) is 5.71. The molecule has 0 unspecified atom stereocenters. The second-order valence-corrected chi connectivity index (χ2v) is 9.26. The number of imidazole rings is 1. The van der Waals surface area contributed by atoms with Crippen molar-refractivity contribution in [2.45, 2.75) is 17.9 Å². The summed E-state index contributed by atoms with van der Waals surface area (Å²) in [5.41, 5.74) is 1.58. The van der Waals surface area contributed by atoms with Crippen molar-refractivity contribution < 1.29 is 4.79 Å². The molecule has 0 N–H and O–H groups in total. The molecular weight excluding hydrogens is 468 g/mol. The number of rotatable bonds is 7. The van der Waals surface area contributed by atoms with Gasteiger partial charge in [0.25, 0.3) is 5.91 Å². The SMILES string of the molecule is CSc1cccc(C(=O)N(CCCn2ccnc2)c2nc3ccc(Br)cc3s2)c1. The van der Waals surface area contributed by atoms with Gasteiger partial charge in [0.15, 0.2) is 5.13 Å². The third kappa shape index (κ3) is 4.71. The fraction of sp³-hybridized carbons (Fsp3) is 0.190. The molecule has 0 aliphatic carbocycles. The Hall–Kier alpha value is -2.16. The summed E-state index contributed by atoms with van der Waals surface area (Å²) in [6, 6.07) is 13.7. The van der Waals surface area contributed by atoms with Crippen LogP contribution in [0, 0.1) is 0 Å². The number of fused-ring (bicyclic) bond motifs is 1. The Morgan fingerprint density at radius 2 is 2.17 bits per heavy atom. The molecule has 4 aromatic rings. The summed E-state index contributed by atoms with van der Waals surface area (Å²) < 4.78 is 4.08. The van der Waals surface area contributed by atoms with Gasteiger partial charge in [-0.15, -0.1) is 11.8 Å². The smallest absolute Gasteiger partial charge is 0.260 e. The van der Waals surface area contributed by atoms with Crippen LogP contribution in [0.15, 0.2) is 70.6 Å². The molecule has 0 fully saturated rings. The maximum atomic E-state index is 13.4. The highest BCUT2D eigenvalue weighted by Gasteiger charge is 2.21. The van der Waals surface area contributed by atoms with Gasteiger partial charge in [-0.2, -0.15) is 0 Å². The summed E-state index contributed by atoms with van der Waals surface area (Å²) >= 11 is 6.68. The molecule has 8 heteroatoms. The predicted molar refractivity (Wildman–Crippen MR) is 124 cm³/mol. The molecule has 2 heterocycles. The molecule has 0 spiro atoms. The molecule has 0 saturated heterocycles. The molecule has 0 saturated carbocycles. The highest BCUT2D eigenvalue weighted by Crippen LogP contribution is 2.32. The van der Waals surface area contributed by atoms with Crippen LogP contribution in [0.3, 0.4) is 0 Å². The van der Waals surface area contributed by atoms with Crippen molar-refractivity contribution in [2.24, 2.45) is 0 Å².